The van der Waals surface area contributed by atoms with E-state index in [-0.39, 0.29) is 0 Å². The van der Waals surface area contributed by atoms with Gasteiger partial charge in [0.2, 0.25) is 5.11 Å². The van der Waals surface area contributed by atoms with Crippen LogP contribution in [0.2, 0.25) is 0 Å². The standard InChI is InChI=1S/C23H28N6OS/c1-5-17-7-6-8-20(29(25)23(31)28(4)24)19(17)14-30-21-10-9-18(13-15(21)2)22-26-12-11-16(3)27-22/h6-13H,5,14,24-25H2,1-4H3. The third kappa shape index (κ3) is 5.16. The van der Waals surface area contributed by atoms with Crippen LogP contribution in [0.25, 0.3) is 11.4 Å². The monoisotopic (exact) mass is 436 g/mol. The van der Waals surface area contributed by atoms with Crippen molar-refractivity contribution in [3.63, 3.8) is 0 Å². The number of hydrazine groups is 2. The molecule has 0 aliphatic carbocycles. The van der Waals surface area contributed by atoms with Gasteiger partial charge in [-0.15, -0.1) is 0 Å². The van der Waals surface area contributed by atoms with Crippen LogP contribution in [0, 0.1) is 13.8 Å². The molecular formula is C23H28N6OS. The molecule has 3 aromatic rings. The Kier molecular flexibility index (Phi) is 7.17. The van der Waals surface area contributed by atoms with E-state index < -0.39 is 0 Å². The number of hydrogen-bond donors (Lipinski definition) is 2. The summed E-state index contributed by atoms with van der Waals surface area (Å²) in [5, 5.41) is 3.04. The maximum absolute atomic E-state index is 6.26. The summed E-state index contributed by atoms with van der Waals surface area (Å²) >= 11 is 5.34. The molecule has 2 aromatic carbocycles. The molecular weight excluding hydrogens is 408 g/mol. The van der Waals surface area contributed by atoms with Gasteiger partial charge >= 0.3 is 0 Å². The number of aromatic nitrogens is 2. The van der Waals surface area contributed by atoms with Crippen molar-refractivity contribution in [2.45, 2.75) is 33.8 Å². The first-order chi connectivity index (χ1) is 14.8. The number of ether oxygens (including phenoxy) is 1. The minimum absolute atomic E-state index is 0.313. The Balaban J connectivity index is 1.86. The molecule has 0 radical (unpaired) electrons. The van der Waals surface area contributed by atoms with Gasteiger partial charge in [-0.2, -0.15) is 0 Å². The van der Waals surface area contributed by atoms with Crippen molar-refractivity contribution in [3.05, 3.63) is 71.0 Å². The lowest BCUT2D eigenvalue weighted by Gasteiger charge is -2.27. The Morgan fingerprint density at radius 1 is 1.13 bits per heavy atom. The van der Waals surface area contributed by atoms with Crippen LogP contribution >= 0.6 is 12.2 Å². The number of anilines is 1. The zero-order chi connectivity index (χ0) is 22.5. The fraction of sp³-hybridized carbons (Fsp3) is 0.261. The van der Waals surface area contributed by atoms with E-state index in [0.29, 0.717) is 17.5 Å². The van der Waals surface area contributed by atoms with E-state index in [2.05, 4.69) is 23.0 Å². The summed E-state index contributed by atoms with van der Waals surface area (Å²) in [6.07, 6.45) is 2.61. The fourth-order valence-electron chi connectivity index (χ4n) is 3.31. The molecule has 0 saturated carbocycles. The third-order valence-electron chi connectivity index (χ3n) is 5.00. The van der Waals surface area contributed by atoms with Crippen molar-refractivity contribution in [2.24, 2.45) is 11.7 Å². The average molecular weight is 437 g/mol. The predicted octanol–water partition coefficient (Wildman–Crippen LogP) is 3.67. The molecule has 0 fully saturated rings. The molecule has 1 aromatic heterocycles. The van der Waals surface area contributed by atoms with Crippen LogP contribution in [0.4, 0.5) is 5.69 Å². The molecule has 0 amide bonds. The van der Waals surface area contributed by atoms with Gasteiger partial charge in [-0.05, 0) is 73.9 Å². The van der Waals surface area contributed by atoms with Gasteiger partial charge in [0.15, 0.2) is 5.82 Å². The average Bonchev–Trinajstić information content (AvgIpc) is 2.76. The number of hydrogen-bond acceptors (Lipinski definition) is 6. The largest absolute Gasteiger partial charge is 0.489 e. The van der Waals surface area contributed by atoms with Gasteiger partial charge in [-0.25, -0.2) is 21.7 Å². The Hall–Kier alpha value is -3.07. The lowest BCUT2D eigenvalue weighted by Crippen LogP contribution is -2.48. The highest BCUT2D eigenvalue weighted by Crippen LogP contribution is 2.28. The molecule has 3 rings (SSSR count). The minimum Gasteiger partial charge on any atom is -0.489 e. The van der Waals surface area contributed by atoms with Gasteiger partial charge in [0, 0.05) is 30.1 Å². The Morgan fingerprint density at radius 3 is 2.55 bits per heavy atom. The number of aryl methyl sites for hydroxylation is 3. The second-order valence-electron chi connectivity index (χ2n) is 7.32. The number of nitrogens with two attached hydrogens (primary N) is 2. The highest BCUT2D eigenvalue weighted by atomic mass is 32.1. The summed E-state index contributed by atoms with van der Waals surface area (Å²) < 4.78 is 6.20. The van der Waals surface area contributed by atoms with Gasteiger partial charge < -0.3 is 4.74 Å². The molecule has 162 valence electrons. The van der Waals surface area contributed by atoms with Crippen LogP contribution < -0.4 is 21.4 Å². The van der Waals surface area contributed by atoms with Crippen molar-refractivity contribution < 1.29 is 4.74 Å². The van der Waals surface area contributed by atoms with Gasteiger partial charge in [0.05, 0.1) is 5.69 Å². The first kappa shape index (κ1) is 22.6. The molecule has 7 nitrogen and oxygen atoms in total. The number of benzene rings is 2. The Morgan fingerprint density at radius 2 is 1.90 bits per heavy atom. The zero-order valence-electron chi connectivity index (χ0n) is 18.3. The summed E-state index contributed by atoms with van der Waals surface area (Å²) in [7, 11) is 1.66. The smallest absolute Gasteiger partial charge is 0.204 e. The van der Waals surface area contributed by atoms with Crippen LogP contribution in [0.5, 0.6) is 5.75 Å². The molecule has 0 aliphatic heterocycles. The van der Waals surface area contributed by atoms with E-state index in [9.17, 15) is 0 Å². The molecule has 0 atom stereocenters. The first-order valence-electron chi connectivity index (χ1n) is 10.0. The summed E-state index contributed by atoms with van der Waals surface area (Å²) in [5.74, 6) is 13.5. The van der Waals surface area contributed by atoms with Crippen LogP contribution in [0.15, 0.2) is 48.7 Å². The molecule has 8 heteroatoms. The molecule has 0 bridgehead atoms. The number of rotatable bonds is 6. The van der Waals surface area contributed by atoms with Gasteiger partial charge in [0.25, 0.3) is 0 Å². The fourth-order valence-corrected chi connectivity index (χ4v) is 3.40. The SMILES string of the molecule is CCc1cccc(N(N)C(=S)N(C)N)c1COc1ccc(-c2nccc(C)n2)cc1C. The van der Waals surface area contributed by atoms with Crippen LogP contribution in [-0.2, 0) is 13.0 Å². The summed E-state index contributed by atoms with van der Waals surface area (Å²) in [6.45, 7) is 6.41. The second kappa shape index (κ2) is 9.82. The highest BCUT2D eigenvalue weighted by molar-refractivity contribution is 7.80. The van der Waals surface area contributed by atoms with Gasteiger partial charge in [0.1, 0.15) is 12.4 Å². The lowest BCUT2D eigenvalue weighted by atomic mass is 10.0. The third-order valence-corrected chi connectivity index (χ3v) is 5.48. The van der Waals surface area contributed by atoms with Crippen LogP contribution in [0.1, 0.15) is 29.3 Å². The molecule has 0 saturated heterocycles. The summed E-state index contributed by atoms with van der Waals surface area (Å²) in [6, 6.07) is 13.8. The maximum atomic E-state index is 6.26. The molecule has 1 heterocycles. The van der Waals surface area contributed by atoms with Crippen molar-refractivity contribution in [1.29, 1.82) is 0 Å². The second-order valence-corrected chi connectivity index (χ2v) is 7.69. The number of thiocarbonyl (C=S) groups is 1. The lowest BCUT2D eigenvalue weighted by molar-refractivity contribution is 0.303. The summed E-state index contributed by atoms with van der Waals surface area (Å²) in [5.41, 5.74) is 5.76. The van der Waals surface area contributed by atoms with E-state index >= 15 is 0 Å². The molecule has 4 N–H and O–H groups in total. The molecule has 0 unspecified atom stereocenters. The van der Waals surface area contributed by atoms with Crippen molar-refractivity contribution in [3.8, 4) is 17.1 Å². The molecule has 0 spiro atoms. The minimum atomic E-state index is 0.313. The van der Waals surface area contributed by atoms with E-state index in [4.69, 9.17) is 28.6 Å². The topological polar surface area (TPSA) is 93.5 Å². The van der Waals surface area contributed by atoms with Crippen molar-refractivity contribution in [1.82, 2.24) is 15.0 Å². The maximum Gasteiger partial charge on any atom is 0.204 e. The van der Waals surface area contributed by atoms with Gasteiger partial charge in [-0.1, -0.05) is 19.1 Å². The molecule has 31 heavy (non-hydrogen) atoms. The normalized spacial score (nSPS) is 10.6. The van der Waals surface area contributed by atoms with E-state index in [0.717, 1.165) is 45.8 Å². The predicted molar refractivity (Wildman–Crippen MR) is 128 cm³/mol. The van der Waals surface area contributed by atoms with Crippen LogP contribution in [0.3, 0.4) is 0 Å². The van der Waals surface area contributed by atoms with Crippen LogP contribution in [-0.4, -0.2) is 27.1 Å². The Bertz CT molecular complexity index is 1090. The zero-order valence-corrected chi connectivity index (χ0v) is 19.1. The summed E-state index contributed by atoms with van der Waals surface area (Å²) in [4.78, 5) is 8.86. The van der Waals surface area contributed by atoms with Crippen molar-refractivity contribution in [2.75, 3.05) is 12.1 Å². The first-order valence-corrected chi connectivity index (χ1v) is 10.4. The van der Waals surface area contributed by atoms with E-state index in [1.165, 1.54) is 10.0 Å². The molecule has 0 aliphatic rings. The van der Waals surface area contributed by atoms with Crippen molar-refractivity contribution >= 4 is 23.0 Å². The van der Waals surface area contributed by atoms with E-state index in [1.54, 1.807) is 13.2 Å². The Labute approximate surface area is 188 Å². The quantitative estimate of drug-likeness (QED) is 0.343. The van der Waals surface area contributed by atoms with E-state index in [1.807, 2.05) is 50.2 Å². The highest BCUT2D eigenvalue weighted by Gasteiger charge is 2.17. The number of nitrogens with zero attached hydrogens (tertiary/aromatic N) is 4. The van der Waals surface area contributed by atoms with Gasteiger partial charge in [-0.3, -0.25) is 10.0 Å².